The zero-order valence-electron chi connectivity index (χ0n) is 10.9. The van der Waals surface area contributed by atoms with Crippen molar-refractivity contribution >= 4 is 11.7 Å². The minimum absolute atomic E-state index is 0.0505. The minimum Gasteiger partial charge on any atom is -0.337 e. The molecule has 1 fully saturated rings. The first-order valence-corrected chi connectivity index (χ1v) is 6.24. The maximum Gasteiger partial charge on any atom is 0.223 e. The quantitative estimate of drug-likeness (QED) is 0.720. The first-order chi connectivity index (χ1) is 7.41. The van der Waals surface area contributed by atoms with E-state index in [0.29, 0.717) is 31.7 Å². The van der Waals surface area contributed by atoms with Gasteiger partial charge in [0.25, 0.3) is 0 Å². The van der Waals surface area contributed by atoms with Gasteiger partial charge in [-0.25, -0.2) is 0 Å². The molecule has 3 heteroatoms. The number of carbonyl (C=O) groups excluding carboxylic acids is 2. The highest BCUT2D eigenvalue weighted by Crippen LogP contribution is 2.36. The number of hydrogen-bond acceptors (Lipinski definition) is 2. The van der Waals surface area contributed by atoms with Crippen molar-refractivity contribution in [3.63, 3.8) is 0 Å². The van der Waals surface area contributed by atoms with Crippen LogP contribution in [0.25, 0.3) is 0 Å². The summed E-state index contributed by atoms with van der Waals surface area (Å²) in [6.45, 7) is 8.90. The van der Waals surface area contributed by atoms with Crippen LogP contribution >= 0.6 is 0 Å². The van der Waals surface area contributed by atoms with Crippen molar-refractivity contribution in [3.8, 4) is 0 Å². The minimum atomic E-state index is -0.0505. The molecule has 3 nitrogen and oxygen atoms in total. The summed E-state index contributed by atoms with van der Waals surface area (Å²) in [6, 6.07) is 0. The largest absolute Gasteiger partial charge is 0.337 e. The highest BCUT2D eigenvalue weighted by Gasteiger charge is 2.43. The van der Waals surface area contributed by atoms with Gasteiger partial charge >= 0.3 is 0 Å². The lowest BCUT2D eigenvalue weighted by atomic mass is 9.86. The fraction of sp³-hybridized carbons (Fsp3) is 0.846. The Bertz CT molecular complexity index is 286. The Balaban J connectivity index is 2.67. The molecule has 1 unspecified atom stereocenters. The first kappa shape index (κ1) is 13.2. The molecule has 0 saturated carbocycles. The number of amides is 1. The molecule has 1 aliphatic rings. The molecule has 1 heterocycles. The van der Waals surface area contributed by atoms with Crippen LogP contribution in [0.3, 0.4) is 0 Å². The van der Waals surface area contributed by atoms with E-state index in [4.69, 9.17) is 0 Å². The summed E-state index contributed by atoms with van der Waals surface area (Å²) in [5, 5.41) is 0. The molecule has 0 aliphatic carbocycles. The number of carbonyl (C=O) groups is 2. The molecule has 92 valence electrons. The van der Waals surface area contributed by atoms with Gasteiger partial charge in [0, 0.05) is 31.3 Å². The lowest BCUT2D eigenvalue weighted by molar-refractivity contribution is -0.132. The van der Waals surface area contributed by atoms with E-state index in [-0.39, 0.29) is 17.2 Å². The molecule has 1 rings (SSSR count). The average Bonchev–Trinajstić information content (AvgIpc) is 2.53. The van der Waals surface area contributed by atoms with Gasteiger partial charge in [0.2, 0.25) is 5.91 Å². The molecule has 1 saturated heterocycles. The Hall–Kier alpha value is -0.860. The van der Waals surface area contributed by atoms with E-state index < -0.39 is 0 Å². The van der Waals surface area contributed by atoms with E-state index in [1.54, 1.807) is 0 Å². The molecule has 0 bridgehead atoms. The number of likely N-dealkylation sites (tertiary alicyclic amines) is 1. The van der Waals surface area contributed by atoms with Gasteiger partial charge in [-0.2, -0.15) is 0 Å². The van der Waals surface area contributed by atoms with Crippen molar-refractivity contribution in [1.82, 2.24) is 4.90 Å². The second-order valence-corrected chi connectivity index (χ2v) is 5.20. The monoisotopic (exact) mass is 225 g/mol. The van der Waals surface area contributed by atoms with Gasteiger partial charge < -0.3 is 4.90 Å². The van der Waals surface area contributed by atoms with Crippen LogP contribution in [0, 0.1) is 5.92 Å². The van der Waals surface area contributed by atoms with E-state index >= 15 is 0 Å². The molecular formula is C13H23NO2. The summed E-state index contributed by atoms with van der Waals surface area (Å²) in [5.41, 5.74) is -0.0505. The van der Waals surface area contributed by atoms with Gasteiger partial charge in [0.15, 0.2) is 0 Å². The molecular weight excluding hydrogens is 202 g/mol. The second-order valence-electron chi connectivity index (χ2n) is 5.20. The fourth-order valence-electron chi connectivity index (χ4n) is 2.31. The SMILES string of the molecule is CCC(=O)CCN1C(=O)CCC1(C)C(C)C. The molecule has 1 amide bonds. The molecule has 1 aliphatic heterocycles. The van der Waals surface area contributed by atoms with Crippen LogP contribution in [0.1, 0.15) is 53.4 Å². The summed E-state index contributed by atoms with van der Waals surface area (Å²) < 4.78 is 0. The predicted octanol–water partition coefficient (Wildman–Crippen LogP) is 2.39. The van der Waals surface area contributed by atoms with Crippen LogP contribution < -0.4 is 0 Å². The first-order valence-electron chi connectivity index (χ1n) is 6.24. The molecule has 0 radical (unpaired) electrons. The summed E-state index contributed by atoms with van der Waals surface area (Å²) in [6.07, 6.45) is 2.63. The van der Waals surface area contributed by atoms with Gasteiger partial charge in [-0.15, -0.1) is 0 Å². The van der Waals surface area contributed by atoms with Crippen molar-refractivity contribution in [3.05, 3.63) is 0 Å². The number of nitrogens with zero attached hydrogens (tertiary/aromatic N) is 1. The Labute approximate surface area is 98.2 Å². The smallest absolute Gasteiger partial charge is 0.223 e. The van der Waals surface area contributed by atoms with Crippen molar-refractivity contribution in [1.29, 1.82) is 0 Å². The van der Waals surface area contributed by atoms with Crippen LogP contribution in [-0.2, 0) is 9.59 Å². The van der Waals surface area contributed by atoms with Crippen LogP contribution in [0.2, 0.25) is 0 Å². The third kappa shape index (κ3) is 2.45. The third-order valence-corrected chi connectivity index (χ3v) is 4.02. The van der Waals surface area contributed by atoms with Crippen molar-refractivity contribution in [2.24, 2.45) is 5.92 Å². The van der Waals surface area contributed by atoms with E-state index in [2.05, 4.69) is 20.8 Å². The number of ketones is 1. The molecule has 0 aromatic heterocycles. The lowest BCUT2D eigenvalue weighted by Crippen LogP contribution is -2.48. The fourth-order valence-corrected chi connectivity index (χ4v) is 2.31. The third-order valence-electron chi connectivity index (χ3n) is 4.02. The maximum atomic E-state index is 11.8. The Morgan fingerprint density at radius 1 is 1.50 bits per heavy atom. The highest BCUT2D eigenvalue weighted by atomic mass is 16.2. The molecule has 16 heavy (non-hydrogen) atoms. The van der Waals surface area contributed by atoms with E-state index in [1.165, 1.54) is 0 Å². The number of rotatable bonds is 5. The van der Waals surface area contributed by atoms with Crippen molar-refractivity contribution < 1.29 is 9.59 Å². The van der Waals surface area contributed by atoms with E-state index in [1.807, 2.05) is 11.8 Å². The van der Waals surface area contributed by atoms with Gasteiger partial charge in [0.05, 0.1) is 0 Å². The van der Waals surface area contributed by atoms with Gasteiger partial charge in [-0.3, -0.25) is 9.59 Å². The van der Waals surface area contributed by atoms with Crippen molar-refractivity contribution in [2.75, 3.05) is 6.54 Å². The lowest BCUT2D eigenvalue weighted by Gasteiger charge is -2.39. The standard InChI is InChI=1S/C13H23NO2/c1-5-11(15)7-9-14-12(16)6-8-13(14,4)10(2)3/h10H,5-9H2,1-4H3. The zero-order valence-corrected chi connectivity index (χ0v) is 10.9. The van der Waals surface area contributed by atoms with E-state index in [9.17, 15) is 9.59 Å². The molecule has 0 aromatic carbocycles. The maximum absolute atomic E-state index is 11.8. The summed E-state index contributed by atoms with van der Waals surface area (Å²) in [5.74, 6) is 0.890. The van der Waals surface area contributed by atoms with Crippen LogP contribution in [0.5, 0.6) is 0 Å². The number of hydrogen-bond donors (Lipinski definition) is 0. The van der Waals surface area contributed by atoms with Gasteiger partial charge in [-0.1, -0.05) is 20.8 Å². The Kier molecular flexibility index (Phi) is 4.11. The Morgan fingerprint density at radius 3 is 2.62 bits per heavy atom. The summed E-state index contributed by atoms with van der Waals surface area (Å²) >= 11 is 0. The van der Waals surface area contributed by atoms with Crippen molar-refractivity contribution in [2.45, 2.75) is 58.9 Å². The second kappa shape index (κ2) is 4.98. The summed E-state index contributed by atoms with van der Waals surface area (Å²) in [4.78, 5) is 25.0. The molecule has 0 N–H and O–H groups in total. The zero-order chi connectivity index (χ0) is 12.3. The molecule has 1 atom stereocenters. The van der Waals surface area contributed by atoms with Gasteiger partial charge in [0.1, 0.15) is 5.78 Å². The average molecular weight is 225 g/mol. The van der Waals surface area contributed by atoms with Crippen LogP contribution in [-0.4, -0.2) is 28.7 Å². The summed E-state index contributed by atoms with van der Waals surface area (Å²) in [7, 11) is 0. The van der Waals surface area contributed by atoms with Crippen LogP contribution in [0.4, 0.5) is 0 Å². The Morgan fingerprint density at radius 2 is 2.12 bits per heavy atom. The number of Topliss-reactive ketones (excluding diaryl/α,β-unsaturated/α-hetero) is 1. The topological polar surface area (TPSA) is 37.4 Å². The predicted molar refractivity (Wildman–Crippen MR) is 64.1 cm³/mol. The van der Waals surface area contributed by atoms with Gasteiger partial charge in [-0.05, 0) is 19.3 Å². The molecule has 0 spiro atoms. The normalized spacial score (nSPS) is 25.6. The van der Waals surface area contributed by atoms with Crippen LogP contribution in [0.15, 0.2) is 0 Å². The highest BCUT2D eigenvalue weighted by molar-refractivity contribution is 5.82. The molecule has 0 aromatic rings. The van der Waals surface area contributed by atoms with E-state index in [0.717, 1.165) is 6.42 Å².